The van der Waals surface area contributed by atoms with Gasteiger partial charge in [0.05, 0.1) is 12.2 Å². The minimum Gasteiger partial charge on any atom is -0.507 e. The standard InChI is InChI=1S/C20H30N4O3/c1-3-10-17-18(13-12-16(15(2)25)20(17)26)27-14-9-7-5-4-6-8-11-19-21-23-24-22-19/h12-13,26H,3-11,14H2,1-2H3,(H,21,22,23,24). The maximum Gasteiger partial charge on any atom is 0.163 e. The van der Waals surface area contributed by atoms with Gasteiger partial charge in [-0.1, -0.05) is 39.0 Å². The molecule has 0 saturated heterocycles. The molecular weight excluding hydrogens is 344 g/mol. The summed E-state index contributed by atoms with van der Waals surface area (Å²) >= 11 is 0. The lowest BCUT2D eigenvalue weighted by Gasteiger charge is -2.14. The van der Waals surface area contributed by atoms with Gasteiger partial charge >= 0.3 is 0 Å². The van der Waals surface area contributed by atoms with Gasteiger partial charge in [-0.3, -0.25) is 4.79 Å². The van der Waals surface area contributed by atoms with Gasteiger partial charge in [0.2, 0.25) is 0 Å². The Bertz CT molecular complexity index is 702. The third kappa shape index (κ3) is 6.66. The number of ketones is 1. The summed E-state index contributed by atoms with van der Waals surface area (Å²) in [6, 6.07) is 3.45. The Morgan fingerprint density at radius 2 is 1.85 bits per heavy atom. The number of aromatic nitrogens is 4. The van der Waals surface area contributed by atoms with Crippen molar-refractivity contribution >= 4 is 5.78 Å². The SMILES string of the molecule is CCCc1c(OCCCCCCCCc2nnn[nH]2)ccc(C(C)=O)c1O. The van der Waals surface area contributed by atoms with E-state index in [0.29, 0.717) is 24.3 Å². The molecule has 148 valence electrons. The smallest absolute Gasteiger partial charge is 0.163 e. The van der Waals surface area contributed by atoms with Gasteiger partial charge in [0.1, 0.15) is 17.3 Å². The number of unbranched alkanes of at least 4 members (excludes halogenated alkanes) is 5. The van der Waals surface area contributed by atoms with Crippen molar-refractivity contribution in [3.63, 3.8) is 0 Å². The molecule has 0 aliphatic rings. The van der Waals surface area contributed by atoms with Crippen molar-refractivity contribution in [1.29, 1.82) is 0 Å². The lowest BCUT2D eigenvalue weighted by Crippen LogP contribution is -2.03. The number of carbonyl (C=O) groups is 1. The Kier molecular flexibility index (Phi) is 8.74. The van der Waals surface area contributed by atoms with Crippen molar-refractivity contribution in [3.05, 3.63) is 29.1 Å². The molecule has 0 saturated carbocycles. The van der Waals surface area contributed by atoms with Crippen LogP contribution < -0.4 is 4.74 Å². The summed E-state index contributed by atoms with van der Waals surface area (Å²) in [5.74, 6) is 1.49. The molecule has 0 spiro atoms. The number of hydrogen-bond acceptors (Lipinski definition) is 6. The molecule has 2 rings (SSSR count). The number of aromatic amines is 1. The number of phenolic OH excluding ortho intramolecular Hbond substituents is 1. The lowest BCUT2D eigenvalue weighted by molar-refractivity contribution is 0.101. The van der Waals surface area contributed by atoms with Crippen LogP contribution in [-0.2, 0) is 12.8 Å². The third-order valence-electron chi connectivity index (χ3n) is 4.57. The fraction of sp³-hybridized carbons (Fsp3) is 0.600. The minimum absolute atomic E-state index is 0.0730. The molecule has 0 bridgehead atoms. The molecule has 0 aliphatic heterocycles. The van der Waals surface area contributed by atoms with E-state index in [-0.39, 0.29) is 11.5 Å². The van der Waals surface area contributed by atoms with Crippen molar-refractivity contribution in [2.24, 2.45) is 0 Å². The summed E-state index contributed by atoms with van der Waals surface area (Å²) in [6.45, 7) is 4.13. The third-order valence-corrected chi connectivity index (χ3v) is 4.57. The first-order valence-electron chi connectivity index (χ1n) is 9.84. The second kappa shape index (κ2) is 11.3. The van der Waals surface area contributed by atoms with Crippen molar-refractivity contribution in [1.82, 2.24) is 20.6 Å². The molecule has 1 heterocycles. The summed E-state index contributed by atoms with van der Waals surface area (Å²) in [5.41, 5.74) is 1.11. The van der Waals surface area contributed by atoms with E-state index in [1.807, 2.05) is 6.92 Å². The van der Waals surface area contributed by atoms with Crippen molar-refractivity contribution < 1.29 is 14.6 Å². The number of nitrogens with zero attached hydrogens (tertiary/aromatic N) is 3. The Labute approximate surface area is 160 Å². The number of Topliss-reactive ketones (excluding diaryl/α,β-unsaturated/α-hetero) is 1. The number of carbonyl (C=O) groups excluding carboxylic acids is 1. The molecule has 2 N–H and O–H groups in total. The van der Waals surface area contributed by atoms with E-state index >= 15 is 0 Å². The molecule has 7 heteroatoms. The quantitative estimate of drug-likeness (QED) is 0.405. The highest BCUT2D eigenvalue weighted by atomic mass is 16.5. The number of ether oxygens (including phenoxy) is 1. The molecule has 0 atom stereocenters. The van der Waals surface area contributed by atoms with E-state index in [2.05, 4.69) is 20.6 Å². The number of phenols is 1. The normalized spacial score (nSPS) is 10.9. The summed E-state index contributed by atoms with van der Waals surface area (Å²) in [5, 5.41) is 24.1. The largest absolute Gasteiger partial charge is 0.507 e. The number of tetrazole rings is 1. The van der Waals surface area contributed by atoms with E-state index in [1.54, 1.807) is 12.1 Å². The molecule has 1 aromatic heterocycles. The predicted molar refractivity (Wildman–Crippen MR) is 103 cm³/mol. The molecular formula is C20H30N4O3. The van der Waals surface area contributed by atoms with E-state index < -0.39 is 0 Å². The van der Waals surface area contributed by atoms with Gasteiger partial charge in [0.15, 0.2) is 5.78 Å². The van der Waals surface area contributed by atoms with E-state index in [4.69, 9.17) is 4.74 Å². The molecule has 0 aliphatic carbocycles. The Morgan fingerprint density at radius 1 is 1.11 bits per heavy atom. The van der Waals surface area contributed by atoms with Crippen LogP contribution in [0.1, 0.15) is 80.5 Å². The van der Waals surface area contributed by atoms with Crippen molar-refractivity contribution in [2.75, 3.05) is 6.61 Å². The highest BCUT2D eigenvalue weighted by Gasteiger charge is 2.15. The maximum atomic E-state index is 11.6. The van der Waals surface area contributed by atoms with Gasteiger partial charge in [0.25, 0.3) is 0 Å². The van der Waals surface area contributed by atoms with Crippen molar-refractivity contribution in [3.8, 4) is 11.5 Å². The number of benzene rings is 1. The molecule has 0 unspecified atom stereocenters. The molecule has 0 amide bonds. The van der Waals surface area contributed by atoms with Crippen LogP contribution in [0.15, 0.2) is 12.1 Å². The number of aromatic hydroxyl groups is 1. The van der Waals surface area contributed by atoms with Crippen LogP contribution in [0.3, 0.4) is 0 Å². The van der Waals surface area contributed by atoms with Gasteiger partial charge in [0, 0.05) is 12.0 Å². The Hall–Kier alpha value is -2.44. The van der Waals surface area contributed by atoms with Crippen LogP contribution in [-0.4, -0.2) is 38.1 Å². The fourth-order valence-corrected chi connectivity index (χ4v) is 3.10. The highest BCUT2D eigenvalue weighted by Crippen LogP contribution is 2.33. The molecule has 1 aromatic carbocycles. The number of rotatable bonds is 13. The topological polar surface area (TPSA) is 101 Å². The van der Waals surface area contributed by atoms with Gasteiger partial charge in [-0.15, -0.1) is 5.10 Å². The fourth-order valence-electron chi connectivity index (χ4n) is 3.10. The second-order valence-electron chi connectivity index (χ2n) is 6.81. The van der Waals surface area contributed by atoms with Crippen molar-refractivity contribution in [2.45, 2.75) is 71.6 Å². The van der Waals surface area contributed by atoms with E-state index in [9.17, 15) is 9.90 Å². The van der Waals surface area contributed by atoms with Crippen LogP contribution in [0, 0.1) is 0 Å². The molecule has 2 aromatic rings. The first-order chi connectivity index (χ1) is 13.1. The van der Waals surface area contributed by atoms with Gasteiger partial charge in [-0.2, -0.15) is 0 Å². The number of aryl methyl sites for hydroxylation is 1. The summed E-state index contributed by atoms with van der Waals surface area (Å²) < 4.78 is 5.88. The van der Waals surface area contributed by atoms with Crippen LogP contribution in [0.5, 0.6) is 11.5 Å². The Balaban J connectivity index is 1.66. The van der Waals surface area contributed by atoms with Crippen LogP contribution in [0.2, 0.25) is 0 Å². The zero-order valence-corrected chi connectivity index (χ0v) is 16.3. The zero-order chi connectivity index (χ0) is 19.5. The van der Waals surface area contributed by atoms with E-state index in [1.165, 1.54) is 26.2 Å². The summed E-state index contributed by atoms with van der Waals surface area (Å²) in [6.07, 6.45) is 9.20. The number of hydrogen-bond donors (Lipinski definition) is 2. The first kappa shape index (κ1) is 20.9. The number of H-pyrrole nitrogens is 1. The first-order valence-corrected chi connectivity index (χ1v) is 9.84. The molecule has 0 fully saturated rings. The number of nitrogens with one attached hydrogen (secondary N) is 1. The van der Waals surface area contributed by atoms with Crippen LogP contribution in [0.4, 0.5) is 0 Å². The summed E-state index contributed by atoms with van der Waals surface area (Å²) in [4.78, 5) is 11.6. The highest BCUT2D eigenvalue weighted by molar-refractivity contribution is 5.97. The van der Waals surface area contributed by atoms with Crippen LogP contribution in [0.25, 0.3) is 0 Å². The van der Waals surface area contributed by atoms with Gasteiger partial charge in [-0.05, 0) is 48.7 Å². The predicted octanol–water partition coefficient (Wildman–Crippen LogP) is 4.02. The monoisotopic (exact) mass is 374 g/mol. The van der Waals surface area contributed by atoms with Gasteiger partial charge < -0.3 is 9.84 Å². The molecule has 27 heavy (non-hydrogen) atoms. The maximum absolute atomic E-state index is 11.6. The second-order valence-corrected chi connectivity index (χ2v) is 6.81. The minimum atomic E-state index is -0.129. The Morgan fingerprint density at radius 3 is 2.52 bits per heavy atom. The lowest BCUT2D eigenvalue weighted by atomic mass is 10.0. The zero-order valence-electron chi connectivity index (χ0n) is 16.3. The average Bonchev–Trinajstić information content (AvgIpc) is 3.16. The van der Waals surface area contributed by atoms with Gasteiger partial charge in [-0.25, -0.2) is 5.10 Å². The molecule has 7 nitrogen and oxygen atoms in total. The van der Waals surface area contributed by atoms with E-state index in [0.717, 1.165) is 43.5 Å². The van der Waals surface area contributed by atoms with Crippen LogP contribution >= 0.6 is 0 Å². The summed E-state index contributed by atoms with van der Waals surface area (Å²) in [7, 11) is 0. The average molecular weight is 374 g/mol. The molecule has 0 radical (unpaired) electrons.